The van der Waals surface area contributed by atoms with Crippen LogP contribution in [0.2, 0.25) is 5.02 Å². The molecule has 1 N–H and O–H groups in total. The third kappa shape index (κ3) is 4.28. The monoisotopic (exact) mass is 428 g/mol. The van der Waals surface area contributed by atoms with Gasteiger partial charge in [-0.3, -0.25) is 0 Å². The second kappa shape index (κ2) is 7.08. The first kappa shape index (κ1) is 17.4. The van der Waals surface area contributed by atoms with Crippen molar-refractivity contribution in [2.45, 2.75) is 10.3 Å². The predicted molar refractivity (Wildman–Crippen MR) is 93.0 cm³/mol. The molecule has 2 heterocycles. The number of likely N-dealkylation sites (N-methyl/N-ethyl adjacent to an activating group) is 1. The van der Waals surface area contributed by atoms with Crippen LogP contribution in [-0.2, 0) is 10.0 Å². The highest BCUT2D eigenvalue weighted by Gasteiger charge is 2.22. The van der Waals surface area contributed by atoms with Gasteiger partial charge >= 0.3 is 0 Å². The summed E-state index contributed by atoms with van der Waals surface area (Å²) < 4.78 is 28.1. The third-order valence-electron chi connectivity index (χ3n) is 2.85. The van der Waals surface area contributed by atoms with Crippen LogP contribution in [0.3, 0.4) is 0 Å². The van der Waals surface area contributed by atoms with Crippen molar-refractivity contribution in [3.63, 3.8) is 0 Å². The van der Waals surface area contributed by atoms with Crippen molar-refractivity contribution < 1.29 is 8.42 Å². The zero-order chi connectivity index (χ0) is 15.6. The van der Waals surface area contributed by atoms with Crippen molar-refractivity contribution in [2.24, 2.45) is 0 Å². The summed E-state index contributed by atoms with van der Waals surface area (Å²) in [6, 6.07) is 5.41. The molecule has 2 aromatic rings. The van der Waals surface area contributed by atoms with Crippen LogP contribution in [0, 0.1) is 0 Å². The van der Waals surface area contributed by atoms with E-state index in [4.69, 9.17) is 11.6 Å². The molecular weight excluding hydrogens is 416 g/mol. The lowest BCUT2D eigenvalue weighted by atomic mass is 10.2. The standard InChI is InChI=1S/C12H14BrClN2O2S3/c1-16(2)9(10-4-3-5-19-10)7-15-21(17,18)11-6-8(14)12(13)20-11/h3-6,9,15H,7H2,1-2H3. The smallest absolute Gasteiger partial charge is 0.250 e. The van der Waals surface area contributed by atoms with Crippen molar-refractivity contribution in [1.82, 2.24) is 9.62 Å². The van der Waals surface area contributed by atoms with Crippen LogP contribution in [0.4, 0.5) is 0 Å². The van der Waals surface area contributed by atoms with Crippen LogP contribution in [0.25, 0.3) is 0 Å². The van der Waals surface area contributed by atoms with E-state index in [1.165, 1.54) is 6.07 Å². The molecule has 0 aromatic carbocycles. The number of hydrogen-bond donors (Lipinski definition) is 1. The zero-order valence-corrected chi connectivity index (χ0v) is 16.1. The highest BCUT2D eigenvalue weighted by atomic mass is 79.9. The number of sulfonamides is 1. The van der Waals surface area contributed by atoms with Gasteiger partial charge in [0.05, 0.1) is 14.9 Å². The molecule has 0 saturated carbocycles. The lowest BCUT2D eigenvalue weighted by molar-refractivity contribution is 0.303. The molecule has 1 unspecified atom stereocenters. The molecule has 9 heteroatoms. The van der Waals surface area contributed by atoms with Crippen LogP contribution >= 0.6 is 50.2 Å². The van der Waals surface area contributed by atoms with Gasteiger partial charge in [0.15, 0.2) is 0 Å². The topological polar surface area (TPSA) is 49.4 Å². The second-order valence-electron chi connectivity index (χ2n) is 4.53. The molecule has 2 aromatic heterocycles. The normalized spacial score (nSPS) is 13.8. The van der Waals surface area contributed by atoms with E-state index in [1.54, 1.807) is 11.3 Å². The van der Waals surface area contributed by atoms with E-state index in [2.05, 4.69) is 20.7 Å². The summed E-state index contributed by atoms with van der Waals surface area (Å²) in [5.74, 6) is 0. The molecule has 0 amide bonds. The third-order valence-corrected chi connectivity index (χ3v) is 8.19. The number of halogens is 2. The molecule has 116 valence electrons. The number of rotatable bonds is 6. The highest BCUT2D eigenvalue weighted by Crippen LogP contribution is 2.34. The SMILES string of the molecule is CN(C)C(CNS(=O)(=O)c1cc(Cl)c(Br)s1)c1cccs1. The predicted octanol–water partition coefficient (Wildman–Crippen LogP) is 3.81. The number of nitrogens with zero attached hydrogens (tertiary/aromatic N) is 1. The molecule has 21 heavy (non-hydrogen) atoms. The fraction of sp³-hybridized carbons (Fsp3) is 0.333. The van der Waals surface area contributed by atoms with Crippen molar-refractivity contribution in [3.8, 4) is 0 Å². The highest BCUT2D eigenvalue weighted by molar-refractivity contribution is 9.11. The van der Waals surface area contributed by atoms with E-state index < -0.39 is 10.0 Å². The fourth-order valence-electron chi connectivity index (χ4n) is 1.74. The van der Waals surface area contributed by atoms with Crippen molar-refractivity contribution in [2.75, 3.05) is 20.6 Å². The second-order valence-corrected chi connectivity index (χ2v) is 10.3. The molecule has 0 spiro atoms. The van der Waals surface area contributed by atoms with E-state index in [-0.39, 0.29) is 10.3 Å². The van der Waals surface area contributed by atoms with Gasteiger partial charge in [-0.2, -0.15) is 0 Å². The molecule has 2 rings (SSSR count). The van der Waals surface area contributed by atoms with Crippen molar-refractivity contribution >= 4 is 60.2 Å². The van der Waals surface area contributed by atoms with Gasteiger partial charge in [0.25, 0.3) is 0 Å². The molecule has 1 atom stereocenters. The maximum Gasteiger partial charge on any atom is 0.250 e. The quantitative estimate of drug-likeness (QED) is 0.759. The summed E-state index contributed by atoms with van der Waals surface area (Å²) >= 11 is 11.8. The van der Waals surface area contributed by atoms with Gasteiger partial charge in [0.2, 0.25) is 10.0 Å². The van der Waals surface area contributed by atoms with Crippen LogP contribution in [0.15, 0.2) is 31.6 Å². The van der Waals surface area contributed by atoms with Gasteiger partial charge in [0.1, 0.15) is 4.21 Å². The Hall–Kier alpha value is 0.0400. The van der Waals surface area contributed by atoms with Crippen molar-refractivity contribution in [1.29, 1.82) is 0 Å². The van der Waals surface area contributed by atoms with Gasteiger partial charge in [0, 0.05) is 11.4 Å². The Morgan fingerprint density at radius 1 is 1.48 bits per heavy atom. The first-order valence-corrected chi connectivity index (χ1v) is 10.3. The lowest BCUT2D eigenvalue weighted by Crippen LogP contribution is -2.33. The molecule has 0 fully saturated rings. The van der Waals surface area contributed by atoms with Gasteiger partial charge in [-0.25, -0.2) is 13.1 Å². The molecule has 4 nitrogen and oxygen atoms in total. The minimum Gasteiger partial charge on any atom is -0.300 e. The van der Waals surface area contributed by atoms with E-state index >= 15 is 0 Å². The van der Waals surface area contributed by atoms with Gasteiger partial charge in [-0.1, -0.05) is 17.7 Å². The summed E-state index contributed by atoms with van der Waals surface area (Å²) in [5, 5.41) is 2.39. The fourth-order valence-corrected chi connectivity index (χ4v) is 6.14. The molecule has 0 radical (unpaired) electrons. The summed E-state index contributed by atoms with van der Waals surface area (Å²) in [5.41, 5.74) is 0. The largest absolute Gasteiger partial charge is 0.300 e. The summed E-state index contributed by atoms with van der Waals surface area (Å²) in [4.78, 5) is 3.11. The summed E-state index contributed by atoms with van der Waals surface area (Å²) in [7, 11) is 0.306. The van der Waals surface area contributed by atoms with E-state index in [1.807, 2.05) is 36.5 Å². The molecule has 0 aliphatic rings. The van der Waals surface area contributed by atoms with E-state index in [0.29, 0.717) is 15.4 Å². The van der Waals surface area contributed by atoms with Crippen LogP contribution in [0.1, 0.15) is 10.9 Å². The minimum absolute atomic E-state index is 0.00125. The molecular formula is C12H14BrClN2O2S3. The molecule has 0 bridgehead atoms. The van der Waals surface area contributed by atoms with E-state index in [0.717, 1.165) is 16.2 Å². The number of thiophene rings is 2. The average Bonchev–Trinajstić information content (AvgIpc) is 3.01. The number of hydrogen-bond acceptors (Lipinski definition) is 5. The Kier molecular flexibility index (Phi) is 5.86. The zero-order valence-electron chi connectivity index (χ0n) is 11.3. The van der Waals surface area contributed by atoms with Crippen LogP contribution in [-0.4, -0.2) is 34.0 Å². The van der Waals surface area contributed by atoms with Gasteiger partial charge in [-0.05, 0) is 47.5 Å². The van der Waals surface area contributed by atoms with Crippen LogP contribution in [0.5, 0.6) is 0 Å². The minimum atomic E-state index is -3.55. The van der Waals surface area contributed by atoms with Gasteiger partial charge < -0.3 is 4.90 Å². The Morgan fingerprint density at radius 3 is 2.67 bits per heavy atom. The Morgan fingerprint density at radius 2 is 2.19 bits per heavy atom. The maximum absolute atomic E-state index is 12.3. The van der Waals surface area contributed by atoms with E-state index in [9.17, 15) is 8.42 Å². The van der Waals surface area contributed by atoms with Crippen molar-refractivity contribution in [3.05, 3.63) is 37.3 Å². The van der Waals surface area contributed by atoms with Gasteiger partial charge in [-0.15, -0.1) is 22.7 Å². The number of nitrogens with one attached hydrogen (secondary N) is 1. The Balaban J connectivity index is 2.13. The summed E-state index contributed by atoms with van der Waals surface area (Å²) in [6.07, 6.45) is 0. The molecule has 0 aliphatic carbocycles. The maximum atomic E-state index is 12.3. The first-order valence-electron chi connectivity index (χ1n) is 5.95. The average molecular weight is 430 g/mol. The molecule has 0 saturated heterocycles. The Labute approximate surface area is 145 Å². The Bertz CT molecular complexity index is 679. The summed E-state index contributed by atoms with van der Waals surface area (Å²) in [6.45, 7) is 0.309. The first-order chi connectivity index (χ1) is 9.81. The molecule has 0 aliphatic heterocycles. The van der Waals surface area contributed by atoms with Crippen LogP contribution < -0.4 is 4.72 Å². The lowest BCUT2D eigenvalue weighted by Gasteiger charge is -2.23.